The maximum absolute atomic E-state index is 14.4. The number of carbonyl (C=O) groups is 1. The molecule has 0 aromatic rings. The Bertz CT molecular complexity index is 589. The highest BCUT2D eigenvalue weighted by atomic mass is 19.1. The van der Waals surface area contributed by atoms with Crippen LogP contribution in [0.1, 0.15) is 67.2 Å². The van der Waals surface area contributed by atoms with Gasteiger partial charge in [-0.2, -0.15) is 0 Å². The van der Waals surface area contributed by atoms with Crippen molar-refractivity contribution in [2.45, 2.75) is 67.2 Å². The van der Waals surface area contributed by atoms with Gasteiger partial charge in [0.15, 0.2) is 5.78 Å². The molecule has 0 aromatic carbocycles. The van der Waals surface area contributed by atoms with E-state index in [1.54, 1.807) is 12.2 Å². The quantitative estimate of drug-likeness (QED) is 0.264. The Labute approximate surface area is 167 Å². The molecule has 0 aliphatic carbocycles. The third-order valence-corrected chi connectivity index (χ3v) is 4.34. The molecule has 27 heavy (non-hydrogen) atoms. The van der Waals surface area contributed by atoms with Gasteiger partial charge in [0.1, 0.15) is 5.83 Å². The average Bonchev–Trinajstić information content (AvgIpc) is 2.62. The molecule has 1 nitrogen and oxygen atoms in total. The monoisotopic (exact) mass is 374 g/mol. The SMILES string of the molecule is C=C(/C=C\C(=C)C(C)=O)C(=C)/C=C(/F)C(=C)C(C)CCC(C)CC.CCC. The summed E-state index contributed by atoms with van der Waals surface area (Å²) in [6.45, 7) is 27.2. The molecular formula is C25H39FO. The molecule has 0 spiro atoms. The van der Waals surface area contributed by atoms with Gasteiger partial charge >= 0.3 is 0 Å². The summed E-state index contributed by atoms with van der Waals surface area (Å²) in [5.74, 6) is 0.248. The predicted octanol–water partition coefficient (Wildman–Crippen LogP) is 8.09. The minimum Gasteiger partial charge on any atom is -0.295 e. The second-order valence-electron chi connectivity index (χ2n) is 7.18. The molecule has 2 unspecified atom stereocenters. The smallest absolute Gasteiger partial charge is 0.159 e. The largest absolute Gasteiger partial charge is 0.295 e. The van der Waals surface area contributed by atoms with Crippen LogP contribution in [0.2, 0.25) is 0 Å². The summed E-state index contributed by atoms with van der Waals surface area (Å²) in [5.41, 5.74) is 1.85. The molecule has 0 rings (SSSR count). The van der Waals surface area contributed by atoms with Gasteiger partial charge in [-0.05, 0) is 48.0 Å². The highest BCUT2D eigenvalue weighted by Crippen LogP contribution is 2.27. The zero-order chi connectivity index (χ0) is 21.6. The van der Waals surface area contributed by atoms with Gasteiger partial charge in [-0.3, -0.25) is 4.79 Å². The Hall–Kier alpha value is -1.96. The van der Waals surface area contributed by atoms with E-state index in [9.17, 15) is 9.18 Å². The van der Waals surface area contributed by atoms with Crippen LogP contribution >= 0.6 is 0 Å². The van der Waals surface area contributed by atoms with Crippen molar-refractivity contribution in [3.63, 3.8) is 0 Å². The van der Waals surface area contributed by atoms with E-state index in [-0.39, 0.29) is 17.5 Å². The van der Waals surface area contributed by atoms with Crippen LogP contribution in [0, 0.1) is 11.8 Å². The summed E-state index contributed by atoms with van der Waals surface area (Å²) in [6, 6.07) is 0. The Balaban J connectivity index is 0. The van der Waals surface area contributed by atoms with E-state index in [4.69, 9.17) is 0 Å². The number of ketones is 1. The standard InChI is InChI=1S/C22H31FO.C3H8/c1-9-15(2)10-11-17(4)20(7)22(23)14-19(6)16(3)12-13-18(5)21(8)24;1-3-2/h12-15,17H,3,5-7,9-11H2,1-2,4,8H3;3H2,1-2H3/b13-12-,22-14+;. The molecule has 0 aliphatic rings. The normalized spacial score (nSPS) is 13.4. The number of carbonyl (C=O) groups excluding carboxylic acids is 1. The fourth-order valence-electron chi connectivity index (χ4n) is 1.91. The molecule has 2 atom stereocenters. The Morgan fingerprint density at radius 3 is 1.85 bits per heavy atom. The van der Waals surface area contributed by atoms with Crippen molar-refractivity contribution in [2.24, 2.45) is 11.8 Å². The second kappa shape index (κ2) is 15.1. The molecular weight excluding hydrogens is 335 g/mol. The van der Waals surface area contributed by atoms with E-state index in [1.165, 1.54) is 19.4 Å². The first-order chi connectivity index (χ1) is 12.5. The number of Topliss-reactive ketones (excluding diaryl/α,β-unsaturated/α-hetero) is 1. The third kappa shape index (κ3) is 12.9. The molecule has 0 bridgehead atoms. The van der Waals surface area contributed by atoms with Gasteiger partial charge in [0.25, 0.3) is 0 Å². The van der Waals surface area contributed by atoms with Crippen molar-refractivity contribution in [3.8, 4) is 0 Å². The molecule has 0 fully saturated rings. The lowest BCUT2D eigenvalue weighted by atomic mass is 9.91. The molecule has 0 aliphatic heterocycles. The lowest BCUT2D eigenvalue weighted by Crippen LogP contribution is -2.03. The second-order valence-corrected chi connectivity index (χ2v) is 7.18. The zero-order valence-electron chi connectivity index (χ0n) is 18.3. The summed E-state index contributed by atoms with van der Waals surface area (Å²) in [7, 11) is 0. The van der Waals surface area contributed by atoms with Crippen molar-refractivity contribution in [1.82, 2.24) is 0 Å². The topological polar surface area (TPSA) is 17.1 Å². The predicted molar refractivity (Wildman–Crippen MR) is 119 cm³/mol. The highest BCUT2D eigenvalue weighted by Gasteiger charge is 2.13. The lowest BCUT2D eigenvalue weighted by Gasteiger charge is -2.16. The average molecular weight is 375 g/mol. The third-order valence-electron chi connectivity index (χ3n) is 4.34. The molecule has 0 saturated carbocycles. The molecule has 0 radical (unpaired) electrons. The van der Waals surface area contributed by atoms with Crippen molar-refractivity contribution in [2.75, 3.05) is 0 Å². The van der Waals surface area contributed by atoms with Gasteiger partial charge in [-0.1, -0.05) is 92.3 Å². The molecule has 0 saturated heterocycles. The highest BCUT2D eigenvalue weighted by molar-refractivity contribution is 5.95. The van der Waals surface area contributed by atoms with Crippen LogP contribution in [-0.4, -0.2) is 5.78 Å². The Morgan fingerprint density at radius 1 is 0.926 bits per heavy atom. The van der Waals surface area contributed by atoms with E-state index >= 15 is 0 Å². The van der Waals surface area contributed by atoms with E-state index in [0.29, 0.717) is 28.2 Å². The lowest BCUT2D eigenvalue weighted by molar-refractivity contribution is -0.113. The van der Waals surface area contributed by atoms with Crippen LogP contribution in [0.4, 0.5) is 4.39 Å². The van der Waals surface area contributed by atoms with Crippen LogP contribution in [0.15, 0.2) is 72.7 Å². The molecule has 0 N–H and O–H groups in total. The van der Waals surface area contributed by atoms with E-state index in [1.807, 2.05) is 6.92 Å². The summed E-state index contributed by atoms with van der Waals surface area (Å²) in [4.78, 5) is 11.1. The fraction of sp³-hybridized carbons (Fsp3) is 0.480. The maximum Gasteiger partial charge on any atom is 0.159 e. The fourth-order valence-corrected chi connectivity index (χ4v) is 1.91. The van der Waals surface area contributed by atoms with Gasteiger partial charge < -0.3 is 0 Å². The van der Waals surface area contributed by atoms with Gasteiger partial charge in [0, 0.05) is 5.57 Å². The summed E-state index contributed by atoms with van der Waals surface area (Å²) in [5, 5.41) is 0. The maximum atomic E-state index is 14.4. The van der Waals surface area contributed by atoms with Crippen molar-refractivity contribution in [1.29, 1.82) is 0 Å². The summed E-state index contributed by atoms with van der Waals surface area (Å²) in [6.07, 6.45) is 8.89. The minimum atomic E-state index is -0.364. The van der Waals surface area contributed by atoms with Gasteiger partial charge in [0.2, 0.25) is 0 Å². The molecule has 0 heterocycles. The van der Waals surface area contributed by atoms with E-state index in [2.05, 4.69) is 54.0 Å². The number of rotatable bonds is 11. The van der Waals surface area contributed by atoms with Crippen LogP contribution in [0.25, 0.3) is 0 Å². The Kier molecular flexibility index (Phi) is 15.3. The van der Waals surface area contributed by atoms with Crippen LogP contribution in [0.3, 0.4) is 0 Å². The Morgan fingerprint density at radius 2 is 1.41 bits per heavy atom. The van der Waals surface area contributed by atoms with Gasteiger partial charge in [-0.25, -0.2) is 4.39 Å². The molecule has 0 aromatic heterocycles. The van der Waals surface area contributed by atoms with Crippen LogP contribution < -0.4 is 0 Å². The molecule has 2 heteroatoms. The number of halogens is 1. The minimum absolute atomic E-state index is 0.0874. The van der Waals surface area contributed by atoms with Crippen LogP contribution in [-0.2, 0) is 4.79 Å². The summed E-state index contributed by atoms with van der Waals surface area (Å²) < 4.78 is 14.4. The van der Waals surface area contributed by atoms with Crippen molar-refractivity contribution >= 4 is 5.78 Å². The summed E-state index contributed by atoms with van der Waals surface area (Å²) >= 11 is 0. The number of hydrogen-bond acceptors (Lipinski definition) is 1. The number of hydrogen-bond donors (Lipinski definition) is 0. The van der Waals surface area contributed by atoms with E-state index < -0.39 is 0 Å². The first kappa shape index (κ1) is 27.3. The van der Waals surface area contributed by atoms with E-state index in [0.717, 1.165) is 19.3 Å². The molecule has 152 valence electrons. The van der Waals surface area contributed by atoms with Crippen molar-refractivity contribution in [3.05, 3.63) is 72.7 Å². The van der Waals surface area contributed by atoms with Crippen LogP contribution in [0.5, 0.6) is 0 Å². The first-order valence-electron chi connectivity index (χ1n) is 9.83. The molecule has 0 amide bonds. The number of allylic oxidation sites excluding steroid dienone is 8. The first-order valence-corrected chi connectivity index (χ1v) is 9.83. The zero-order valence-corrected chi connectivity index (χ0v) is 18.3. The van der Waals surface area contributed by atoms with Crippen molar-refractivity contribution < 1.29 is 9.18 Å². The van der Waals surface area contributed by atoms with Gasteiger partial charge in [0.05, 0.1) is 0 Å². The van der Waals surface area contributed by atoms with Gasteiger partial charge in [-0.15, -0.1) is 0 Å².